The first kappa shape index (κ1) is 6.14. The van der Waals surface area contributed by atoms with Crippen LogP contribution < -0.4 is 10.4 Å². The third-order valence-electron chi connectivity index (χ3n) is 1.74. The molecule has 0 unspecified atom stereocenters. The lowest BCUT2D eigenvalue weighted by Gasteiger charge is -1.79. The molecule has 0 aromatic heterocycles. The highest BCUT2D eigenvalue weighted by Crippen LogP contribution is 1.95. The van der Waals surface area contributed by atoms with Crippen molar-refractivity contribution in [3.8, 4) is 0 Å². The van der Waals surface area contributed by atoms with Crippen molar-refractivity contribution in [3.63, 3.8) is 0 Å². The van der Waals surface area contributed by atoms with Crippen LogP contribution in [0.25, 0.3) is 12.2 Å². The molecule has 0 atom stereocenters. The summed E-state index contributed by atoms with van der Waals surface area (Å²) in [4.78, 5) is 10.3. The van der Waals surface area contributed by atoms with Crippen molar-refractivity contribution >= 4 is 18.1 Å². The van der Waals surface area contributed by atoms with E-state index in [2.05, 4.69) is 0 Å². The van der Waals surface area contributed by atoms with E-state index in [0.717, 1.165) is 10.4 Å². The first-order chi connectivity index (χ1) is 5.40. The van der Waals surface area contributed by atoms with Crippen LogP contribution >= 0.6 is 0 Å². The number of hydrogen-bond donors (Lipinski definition) is 0. The van der Waals surface area contributed by atoms with Gasteiger partial charge in [0.05, 0.1) is 5.57 Å². The van der Waals surface area contributed by atoms with Crippen LogP contribution in [0.1, 0.15) is 0 Å². The van der Waals surface area contributed by atoms with Crippen LogP contribution in [0, 0.1) is 0 Å². The summed E-state index contributed by atoms with van der Waals surface area (Å²) in [6, 6.07) is 7.88. The van der Waals surface area contributed by atoms with Crippen molar-refractivity contribution < 1.29 is 4.79 Å². The van der Waals surface area contributed by atoms with Crippen molar-refractivity contribution in [1.29, 1.82) is 0 Å². The molecule has 0 aliphatic heterocycles. The Morgan fingerprint density at radius 1 is 1.00 bits per heavy atom. The molecule has 1 aromatic carbocycles. The lowest BCUT2D eigenvalue weighted by atomic mass is 10.3. The summed E-state index contributed by atoms with van der Waals surface area (Å²) >= 11 is 0. The minimum Gasteiger partial charge on any atom is -0.233 e. The molecule has 1 aliphatic carbocycles. The molecule has 0 spiro atoms. The van der Waals surface area contributed by atoms with Gasteiger partial charge in [-0.15, -0.1) is 0 Å². The molecule has 1 aromatic rings. The number of allylic oxidation sites excluding steroid dienone is 1. The quantitative estimate of drug-likeness (QED) is 0.467. The highest BCUT2D eigenvalue weighted by atomic mass is 16.1. The van der Waals surface area contributed by atoms with Crippen LogP contribution in [0.15, 0.2) is 29.8 Å². The van der Waals surface area contributed by atoms with Crippen LogP contribution in [0.3, 0.4) is 0 Å². The van der Waals surface area contributed by atoms with E-state index in [-0.39, 0.29) is 0 Å². The summed E-state index contributed by atoms with van der Waals surface area (Å²) in [6.07, 6.45) is 3.67. The van der Waals surface area contributed by atoms with Crippen molar-refractivity contribution in [3.05, 3.63) is 40.3 Å². The lowest BCUT2D eigenvalue weighted by molar-refractivity contribution is 0.568. The summed E-state index contributed by atoms with van der Waals surface area (Å²) in [5.74, 6) is 1.87. The van der Waals surface area contributed by atoms with Crippen LogP contribution in [-0.4, -0.2) is 5.94 Å². The zero-order valence-electron chi connectivity index (χ0n) is 5.87. The van der Waals surface area contributed by atoms with E-state index in [0.29, 0.717) is 5.57 Å². The minimum atomic E-state index is 0.631. The number of benzene rings is 1. The van der Waals surface area contributed by atoms with Gasteiger partial charge in [0, 0.05) is 0 Å². The molecule has 0 heterocycles. The van der Waals surface area contributed by atoms with E-state index in [1.807, 2.05) is 42.4 Å². The van der Waals surface area contributed by atoms with Crippen molar-refractivity contribution in [2.24, 2.45) is 0 Å². The first-order valence-corrected chi connectivity index (χ1v) is 3.44. The summed E-state index contributed by atoms with van der Waals surface area (Å²) in [6.45, 7) is 0. The molecule has 0 radical (unpaired) electrons. The fourth-order valence-corrected chi connectivity index (χ4v) is 1.21. The summed E-state index contributed by atoms with van der Waals surface area (Å²) in [7, 11) is 0. The summed E-state index contributed by atoms with van der Waals surface area (Å²) in [5, 5.41) is 2.21. The van der Waals surface area contributed by atoms with Crippen LogP contribution in [-0.2, 0) is 4.79 Å². The van der Waals surface area contributed by atoms with Gasteiger partial charge in [0.1, 0.15) is 5.94 Å². The molecule has 0 fully saturated rings. The highest BCUT2D eigenvalue weighted by molar-refractivity contribution is 5.84. The van der Waals surface area contributed by atoms with Crippen LogP contribution in [0.2, 0.25) is 0 Å². The summed E-state index contributed by atoms with van der Waals surface area (Å²) < 4.78 is 0. The second-order valence-electron chi connectivity index (χ2n) is 2.47. The number of fused-ring (bicyclic) bond motifs is 1. The predicted molar refractivity (Wildman–Crippen MR) is 43.8 cm³/mol. The van der Waals surface area contributed by atoms with Gasteiger partial charge >= 0.3 is 0 Å². The molecule has 0 saturated heterocycles. The smallest absolute Gasteiger partial charge is 0.132 e. The van der Waals surface area contributed by atoms with E-state index in [1.54, 1.807) is 0 Å². The highest BCUT2D eigenvalue weighted by Gasteiger charge is 1.96. The molecular formula is C10H6O. The second-order valence-corrected chi connectivity index (χ2v) is 2.47. The molecule has 52 valence electrons. The molecule has 0 bridgehead atoms. The minimum absolute atomic E-state index is 0.631. The first-order valence-electron chi connectivity index (χ1n) is 3.44. The van der Waals surface area contributed by atoms with Crippen molar-refractivity contribution in [2.75, 3.05) is 0 Å². The van der Waals surface area contributed by atoms with E-state index >= 15 is 0 Å². The SMILES string of the molecule is O=C=C1C=c2ccccc2=C1. The third kappa shape index (κ3) is 0.917. The molecule has 0 amide bonds. The van der Waals surface area contributed by atoms with E-state index in [4.69, 9.17) is 0 Å². The average Bonchev–Trinajstić information content (AvgIpc) is 2.46. The van der Waals surface area contributed by atoms with Crippen molar-refractivity contribution in [2.45, 2.75) is 0 Å². The van der Waals surface area contributed by atoms with Gasteiger partial charge in [0.2, 0.25) is 0 Å². The van der Waals surface area contributed by atoms with Crippen LogP contribution in [0.4, 0.5) is 0 Å². The molecule has 1 nitrogen and oxygen atoms in total. The fourth-order valence-electron chi connectivity index (χ4n) is 1.21. The zero-order chi connectivity index (χ0) is 7.68. The predicted octanol–water partition coefficient (Wildman–Crippen LogP) is 0.0192. The molecular weight excluding hydrogens is 136 g/mol. The van der Waals surface area contributed by atoms with Gasteiger partial charge in [0.15, 0.2) is 0 Å². The van der Waals surface area contributed by atoms with Gasteiger partial charge in [-0.05, 0) is 22.6 Å². The Hall–Kier alpha value is -1.59. The Balaban J connectivity index is 2.91. The molecule has 1 heteroatoms. The number of rotatable bonds is 0. The molecule has 2 rings (SSSR count). The largest absolute Gasteiger partial charge is 0.233 e. The Labute approximate surface area is 64.0 Å². The molecule has 11 heavy (non-hydrogen) atoms. The zero-order valence-corrected chi connectivity index (χ0v) is 5.87. The van der Waals surface area contributed by atoms with E-state index in [9.17, 15) is 4.79 Å². The van der Waals surface area contributed by atoms with Crippen molar-refractivity contribution in [1.82, 2.24) is 0 Å². The number of carbonyl (C=O) groups excluding carboxylic acids is 1. The van der Waals surface area contributed by atoms with Gasteiger partial charge in [-0.2, -0.15) is 0 Å². The Morgan fingerprint density at radius 2 is 1.55 bits per heavy atom. The normalized spacial score (nSPS) is 12.9. The van der Waals surface area contributed by atoms with Gasteiger partial charge in [-0.1, -0.05) is 24.3 Å². The Kier molecular flexibility index (Phi) is 1.24. The standard InChI is InChI=1S/C10H6O/c11-7-8-5-9-3-1-2-4-10(9)6-8/h1-6H. The molecule has 0 saturated carbocycles. The number of hydrogen-bond acceptors (Lipinski definition) is 1. The van der Waals surface area contributed by atoms with E-state index in [1.165, 1.54) is 0 Å². The molecule has 1 aliphatic rings. The van der Waals surface area contributed by atoms with Gasteiger partial charge in [-0.25, -0.2) is 4.79 Å². The maximum absolute atomic E-state index is 10.3. The van der Waals surface area contributed by atoms with Crippen LogP contribution in [0.5, 0.6) is 0 Å². The lowest BCUT2D eigenvalue weighted by Crippen LogP contribution is -2.19. The fraction of sp³-hybridized carbons (Fsp3) is 0. The maximum Gasteiger partial charge on any atom is 0.132 e. The maximum atomic E-state index is 10.3. The topological polar surface area (TPSA) is 17.1 Å². The third-order valence-corrected chi connectivity index (χ3v) is 1.74. The monoisotopic (exact) mass is 142 g/mol. The second kappa shape index (κ2) is 2.22. The van der Waals surface area contributed by atoms with Gasteiger partial charge in [-0.3, -0.25) is 0 Å². The van der Waals surface area contributed by atoms with Gasteiger partial charge < -0.3 is 0 Å². The Morgan fingerprint density at radius 3 is 2.00 bits per heavy atom. The molecule has 0 N–H and O–H groups in total. The van der Waals surface area contributed by atoms with E-state index < -0.39 is 0 Å². The average molecular weight is 142 g/mol. The van der Waals surface area contributed by atoms with Gasteiger partial charge in [0.25, 0.3) is 0 Å². The summed E-state index contributed by atoms with van der Waals surface area (Å²) in [5.41, 5.74) is 0.631. The Bertz CT molecular complexity index is 411.